The molecule has 0 radical (unpaired) electrons. The van der Waals surface area contributed by atoms with Crippen LogP contribution in [0.5, 0.6) is 0 Å². The SMILES string of the molecule is CC(C)C(NC(=O)C[N+]1(CCN2CCOCC2)C(=O)NC(=O)C1c1ccccc1)C(=O)c1noc(Cc2cccc(C(F)(F)F)c2)n1. The summed E-state index contributed by atoms with van der Waals surface area (Å²) in [5.41, 5.74) is -0.00225. The summed E-state index contributed by atoms with van der Waals surface area (Å²) in [5.74, 6) is -2.71. The van der Waals surface area contributed by atoms with E-state index >= 15 is 0 Å². The number of hydrogen-bond donors (Lipinski definition) is 2. The van der Waals surface area contributed by atoms with Gasteiger partial charge in [0.2, 0.25) is 23.5 Å². The van der Waals surface area contributed by atoms with Crippen molar-refractivity contribution in [3.05, 3.63) is 83.0 Å². The smallest absolute Gasteiger partial charge is 0.379 e. The van der Waals surface area contributed by atoms with E-state index in [1.165, 1.54) is 12.1 Å². The standard InChI is InChI=1S/C32H35F3N6O6/c1-20(2)26(28(43)29-37-25(47-39-29)18-21-7-6-10-23(17-21)32(33,34)35)36-24(42)19-41(14-11-40-12-15-46-16-13-40)27(30(44)38-31(41)45)22-8-4-3-5-9-22/h3-10,17,20,26-27H,11-16,18-19H2,1-2H3,(H-,36,38,42,44,45)/p+1. The molecule has 2 fully saturated rings. The third-order valence-corrected chi connectivity index (χ3v) is 8.40. The first kappa shape index (κ1) is 33.9. The number of halogens is 3. The molecule has 2 saturated heterocycles. The molecular weight excluding hydrogens is 621 g/mol. The van der Waals surface area contributed by atoms with Gasteiger partial charge in [-0.05, 0) is 17.5 Å². The number of ether oxygens (including phenoxy) is 1. The van der Waals surface area contributed by atoms with Crippen molar-refractivity contribution in [2.45, 2.75) is 38.5 Å². The molecule has 3 unspecified atom stereocenters. The summed E-state index contributed by atoms with van der Waals surface area (Å²) in [7, 11) is 0. The minimum atomic E-state index is -4.53. The fourth-order valence-corrected chi connectivity index (χ4v) is 5.92. The Bertz CT molecular complexity index is 1610. The lowest BCUT2D eigenvalue weighted by molar-refractivity contribution is -0.857. The van der Waals surface area contributed by atoms with Crippen LogP contribution in [0.2, 0.25) is 0 Å². The lowest BCUT2D eigenvalue weighted by atomic mass is 9.99. The third-order valence-electron chi connectivity index (χ3n) is 8.40. The minimum Gasteiger partial charge on any atom is -0.379 e. The van der Waals surface area contributed by atoms with Crippen LogP contribution < -0.4 is 10.6 Å². The second-order valence-electron chi connectivity index (χ2n) is 12.0. The Labute approximate surface area is 268 Å². The zero-order valence-electron chi connectivity index (χ0n) is 26.0. The summed E-state index contributed by atoms with van der Waals surface area (Å²) in [6.45, 7) is 5.89. The van der Waals surface area contributed by atoms with Gasteiger partial charge in [-0.25, -0.2) is 14.6 Å². The van der Waals surface area contributed by atoms with Gasteiger partial charge < -0.3 is 14.6 Å². The number of rotatable bonds is 12. The number of Topliss-reactive ketones (excluding diaryl/α,β-unsaturated/α-hetero) is 1. The second kappa shape index (κ2) is 14.1. The fraction of sp³-hybridized carbons (Fsp3) is 0.438. The third kappa shape index (κ3) is 7.75. The van der Waals surface area contributed by atoms with E-state index < -0.39 is 64.4 Å². The number of quaternary nitrogens is 1. The van der Waals surface area contributed by atoms with Crippen molar-refractivity contribution in [3.63, 3.8) is 0 Å². The Morgan fingerprint density at radius 2 is 1.81 bits per heavy atom. The van der Waals surface area contributed by atoms with Crippen LogP contribution in [0, 0.1) is 5.92 Å². The second-order valence-corrected chi connectivity index (χ2v) is 12.0. The number of nitrogens with zero attached hydrogens (tertiary/aromatic N) is 4. The van der Waals surface area contributed by atoms with Crippen LogP contribution in [-0.4, -0.2) is 95.1 Å². The molecule has 4 amide bonds. The van der Waals surface area contributed by atoms with Crippen molar-refractivity contribution >= 4 is 23.6 Å². The van der Waals surface area contributed by atoms with Gasteiger partial charge in [-0.15, -0.1) is 0 Å². The van der Waals surface area contributed by atoms with Gasteiger partial charge in [0.1, 0.15) is 6.54 Å². The Balaban J connectivity index is 1.34. The van der Waals surface area contributed by atoms with Crippen LogP contribution in [0.3, 0.4) is 0 Å². The maximum Gasteiger partial charge on any atom is 0.424 e. The number of aromatic nitrogens is 2. The van der Waals surface area contributed by atoms with Gasteiger partial charge in [-0.2, -0.15) is 18.2 Å². The quantitative estimate of drug-likeness (QED) is 0.171. The molecule has 15 heteroatoms. The van der Waals surface area contributed by atoms with E-state index in [-0.39, 0.29) is 30.2 Å². The normalized spacial score (nSPS) is 21.1. The predicted molar refractivity (Wildman–Crippen MR) is 160 cm³/mol. The van der Waals surface area contributed by atoms with Crippen LogP contribution in [0.15, 0.2) is 59.1 Å². The van der Waals surface area contributed by atoms with E-state index in [9.17, 15) is 32.3 Å². The number of ketones is 1. The molecule has 2 N–H and O–H groups in total. The van der Waals surface area contributed by atoms with Crippen molar-refractivity contribution in [1.29, 1.82) is 0 Å². The molecule has 0 aliphatic carbocycles. The number of morpholine rings is 1. The summed E-state index contributed by atoms with van der Waals surface area (Å²) >= 11 is 0. The molecular formula is C32H36F3N6O6+. The maximum atomic E-state index is 13.7. The summed E-state index contributed by atoms with van der Waals surface area (Å²) in [6.07, 6.45) is -4.67. The molecule has 2 aromatic carbocycles. The number of amides is 4. The van der Waals surface area contributed by atoms with Gasteiger partial charge in [0.05, 0.1) is 31.2 Å². The van der Waals surface area contributed by atoms with Crippen LogP contribution in [0.25, 0.3) is 0 Å². The van der Waals surface area contributed by atoms with E-state index in [1.54, 1.807) is 44.2 Å². The number of hydrogen-bond acceptors (Lipinski definition) is 9. The first-order valence-corrected chi connectivity index (χ1v) is 15.3. The minimum absolute atomic E-state index is 0.0768. The highest BCUT2D eigenvalue weighted by molar-refractivity contribution is 6.02. The number of carbonyl (C=O) groups is 4. The Hall–Kier alpha value is -4.47. The molecule has 0 saturated carbocycles. The van der Waals surface area contributed by atoms with Gasteiger partial charge in [0.25, 0.3) is 11.8 Å². The van der Waals surface area contributed by atoms with Crippen LogP contribution in [0.4, 0.5) is 18.0 Å². The van der Waals surface area contributed by atoms with Crippen molar-refractivity contribution in [2.24, 2.45) is 5.92 Å². The molecule has 1 aromatic heterocycles. The van der Waals surface area contributed by atoms with E-state index in [0.717, 1.165) is 12.1 Å². The molecule has 2 aliphatic rings. The largest absolute Gasteiger partial charge is 0.424 e. The monoisotopic (exact) mass is 657 g/mol. The number of imide groups is 1. The van der Waals surface area contributed by atoms with Gasteiger partial charge in [0.15, 0.2) is 6.54 Å². The number of alkyl halides is 3. The summed E-state index contributed by atoms with van der Waals surface area (Å²) in [6, 6.07) is 10.7. The Kier molecular flexibility index (Phi) is 10.2. The fourth-order valence-electron chi connectivity index (χ4n) is 5.92. The summed E-state index contributed by atoms with van der Waals surface area (Å²) in [4.78, 5) is 60.2. The maximum absolute atomic E-state index is 13.7. The van der Waals surface area contributed by atoms with E-state index in [2.05, 4.69) is 25.7 Å². The Morgan fingerprint density at radius 1 is 1.09 bits per heavy atom. The van der Waals surface area contributed by atoms with Crippen molar-refractivity contribution < 1.29 is 46.1 Å². The number of urea groups is 1. The highest BCUT2D eigenvalue weighted by Gasteiger charge is 2.57. The summed E-state index contributed by atoms with van der Waals surface area (Å²) in [5, 5.41) is 8.87. The van der Waals surface area contributed by atoms with Crippen molar-refractivity contribution in [1.82, 2.24) is 25.7 Å². The van der Waals surface area contributed by atoms with E-state index in [0.29, 0.717) is 38.4 Å². The highest BCUT2D eigenvalue weighted by atomic mass is 19.4. The van der Waals surface area contributed by atoms with E-state index in [1.807, 2.05) is 0 Å². The lowest BCUT2D eigenvalue weighted by Gasteiger charge is -2.37. The molecule has 47 heavy (non-hydrogen) atoms. The average molecular weight is 658 g/mol. The van der Waals surface area contributed by atoms with Gasteiger partial charge in [-0.1, -0.05) is 67.5 Å². The molecule has 250 valence electrons. The molecule has 12 nitrogen and oxygen atoms in total. The summed E-state index contributed by atoms with van der Waals surface area (Å²) < 4.78 is 49.5. The van der Waals surface area contributed by atoms with Crippen molar-refractivity contribution in [3.8, 4) is 0 Å². The van der Waals surface area contributed by atoms with Crippen LogP contribution >= 0.6 is 0 Å². The van der Waals surface area contributed by atoms with Crippen molar-refractivity contribution in [2.75, 3.05) is 45.9 Å². The van der Waals surface area contributed by atoms with E-state index in [4.69, 9.17) is 9.26 Å². The molecule has 0 spiro atoms. The molecule has 2 aliphatic heterocycles. The first-order chi connectivity index (χ1) is 22.4. The average Bonchev–Trinajstić information content (AvgIpc) is 3.60. The zero-order valence-corrected chi connectivity index (χ0v) is 26.0. The molecule has 3 heterocycles. The molecule has 5 rings (SSSR count). The Morgan fingerprint density at radius 3 is 2.49 bits per heavy atom. The number of benzene rings is 2. The highest BCUT2D eigenvalue weighted by Crippen LogP contribution is 2.34. The molecule has 3 atom stereocenters. The van der Waals surface area contributed by atoms with Crippen LogP contribution in [0.1, 0.15) is 53.1 Å². The topological polar surface area (TPSA) is 144 Å². The number of nitrogens with one attached hydrogen (secondary N) is 2. The predicted octanol–water partition coefficient (Wildman–Crippen LogP) is 3.14. The molecule has 3 aromatic rings. The first-order valence-electron chi connectivity index (χ1n) is 15.3. The van der Waals surface area contributed by atoms with Gasteiger partial charge >= 0.3 is 12.2 Å². The molecule has 0 bridgehead atoms. The zero-order chi connectivity index (χ0) is 33.8. The van der Waals surface area contributed by atoms with Gasteiger partial charge in [-0.3, -0.25) is 19.3 Å². The van der Waals surface area contributed by atoms with Gasteiger partial charge in [0, 0.05) is 25.2 Å². The van der Waals surface area contributed by atoms with Crippen LogP contribution in [-0.2, 0) is 26.9 Å². The lowest BCUT2D eigenvalue weighted by Crippen LogP contribution is -2.60. The number of carbonyl (C=O) groups excluding carboxylic acids is 4.